The molecule has 0 saturated carbocycles. The second-order valence-corrected chi connectivity index (χ2v) is 11.5. The molecule has 6 rings (SSSR count). The summed E-state index contributed by atoms with van der Waals surface area (Å²) < 4.78 is 2.13. The van der Waals surface area contributed by atoms with E-state index in [1.54, 1.807) is 24.5 Å². The number of anilines is 2. The van der Waals surface area contributed by atoms with Crippen LogP contribution in [0.1, 0.15) is 46.6 Å². The number of aliphatic hydroxyl groups is 1. The number of thiazole rings is 2. The molecule has 4 aromatic heterocycles. The number of benzene rings is 2. The number of nitriles is 2. The maximum atomic E-state index is 9.56. The van der Waals surface area contributed by atoms with Gasteiger partial charge in [-0.25, -0.2) is 29.9 Å². The number of aliphatic hydroxyl groups excluding tert-OH is 1. The molecule has 6 aromatic rings. The lowest BCUT2D eigenvalue weighted by atomic mass is 10.1. The van der Waals surface area contributed by atoms with E-state index in [-0.39, 0.29) is 6.61 Å². The van der Waals surface area contributed by atoms with Gasteiger partial charge in [0.25, 0.3) is 0 Å². The van der Waals surface area contributed by atoms with Gasteiger partial charge in [-0.15, -0.1) is 22.7 Å². The number of aromatic nitrogens is 6. The Morgan fingerprint density at radius 3 is 1.61 bits per heavy atom. The molecule has 44 heavy (non-hydrogen) atoms. The zero-order valence-corrected chi connectivity index (χ0v) is 25.4. The summed E-state index contributed by atoms with van der Waals surface area (Å²) in [6.07, 6.45) is 4.27. The van der Waals surface area contributed by atoms with E-state index < -0.39 is 11.8 Å². The molecule has 0 aliphatic carbocycles. The van der Waals surface area contributed by atoms with Crippen molar-refractivity contribution in [1.29, 1.82) is 10.5 Å². The molecule has 0 spiro atoms. The molecule has 0 radical (unpaired) electrons. The predicted molar refractivity (Wildman–Crippen MR) is 173 cm³/mol. The minimum Gasteiger partial charge on any atom is -0.395 e. The van der Waals surface area contributed by atoms with Gasteiger partial charge >= 0.3 is 0 Å². The highest BCUT2D eigenvalue weighted by atomic mass is 32.1. The summed E-state index contributed by atoms with van der Waals surface area (Å²) in [5.74, 6) is -0.0497. The number of nitrogens with one attached hydrogen (secondary N) is 2. The van der Waals surface area contributed by atoms with Crippen LogP contribution in [-0.2, 0) is 0 Å². The van der Waals surface area contributed by atoms with E-state index in [1.165, 1.54) is 22.7 Å². The van der Waals surface area contributed by atoms with Gasteiger partial charge in [0.15, 0.2) is 0 Å². The van der Waals surface area contributed by atoms with Crippen molar-refractivity contribution in [3.63, 3.8) is 0 Å². The average Bonchev–Trinajstić information content (AvgIpc) is 3.69. The predicted octanol–water partition coefficient (Wildman–Crippen LogP) is 5.71. The first-order valence-electron chi connectivity index (χ1n) is 13.9. The first-order valence-corrected chi connectivity index (χ1v) is 15.5. The van der Waals surface area contributed by atoms with Crippen LogP contribution in [-0.4, -0.2) is 54.7 Å². The molecule has 2 atom stereocenters. The Kier molecular flexibility index (Phi) is 10.3. The van der Waals surface area contributed by atoms with Crippen molar-refractivity contribution >= 4 is 55.0 Å². The highest BCUT2D eigenvalue weighted by molar-refractivity contribution is 7.19. The molecule has 2 unspecified atom stereocenters. The van der Waals surface area contributed by atoms with Crippen molar-refractivity contribution < 1.29 is 5.11 Å². The molecule has 2 aromatic carbocycles. The summed E-state index contributed by atoms with van der Waals surface area (Å²) in [5.41, 5.74) is 3.07. The van der Waals surface area contributed by atoms with E-state index in [9.17, 15) is 10.5 Å². The third-order valence-corrected chi connectivity index (χ3v) is 8.45. The van der Waals surface area contributed by atoms with E-state index in [0.717, 1.165) is 43.4 Å². The van der Waals surface area contributed by atoms with E-state index in [1.807, 2.05) is 48.5 Å². The molecule has 3 N–H and O–H groups in total. The Bertz CT molecular complexity index is 1720. The van der Waals surface area contributed by atoms with Crippen LogP contribution < -0.4 is 10.6 Å². The summed E-state index contributed by atoms with van der Waals surface area (Å²) in [6.45, 7) is 3.24. The number of nitrogens with zero attached hydrogens (tertiary/aromatic N) is 8. The summed E-state index contributed by atoms with van der Waals surface area (Å²) in [4.78, 5) is 26.1. The zero-order valence-electron chi connectivity index (χ0n) is 23.8. The SMILES string of the molecule is CCCNc1nccc(C(C#N)c2nc3ccccc3s2)n1.N#CC(c1ccnc(NCCO)n1)c1nc2ccccc2s1. The second-order valence-electron chi connectivity index (χ2n) is 9.35. The smallest absolute Gasteiger partial charge is 0.222 e. The van der Waals surface area contributed by atoms with Crippen molar-refractivity contribution in [2.24, 2.45) is 0 Å². The van der Waals surface area contributed by atoms with Crippen LogP contribution >= 0.6 is 22.7 Å². The number of fused-ring (bicyclic) bond motifs is 2. The van der Waals surface area contributed by atoms with E-state index in [0.29, 0.717) is 29.8 Å². The fourth-order valence-corrected chi connectivity index (χ4v) is 6.22. The highest BCUT2D eigenvalue weighted by Gasteiger charge is 2.21. The Morgan fingerprint density at radius 1 is 0.705 bits per heavy atom. The van der Waals surface area contributed by atoms with Gasteiger partial charge in [0, 0.05) is 25.5 Å². The molecular weight excluding hydrogens is 593 g/mol. The Morgan fingerprint density at radius 2 is 1.18 bits per heavy atom. The van der Waals surface area contributed by atoms with Crippen LogP contribution in [0.15, 0.2) is 73.1 Å². The minimum atomic E-state index is -0.532. The lowest BCUT2D eigenvalue weighted by Gasteiger charge is -2.07. The van der Waals surface area contributed by atoms with E-state index in [4.69, 9.17) is 5.11 Å². The third-order valence-electron chi connectivity index (χ3n) is 6.25. The van der Waals surface area contributed by atoms with Crippen molar-refractivity contribution in [3.8, 4) is 12.1 Å². The maximum absolute atomic E-state index is 9.56. The van der Waals surface area contributed by atoms with E-state index >= 15 is 0 Å². The van der Waals surface area contributed by atoms with Crippen LogP contribution in [0, 0.1) is 22.7 Å². The van der Waals surface area contributed by atoms with Crippen LogP contribution in [0.4, 0.5) is 11.9 Å². The number of hydrogen-bond acceptors (Lipinski definition) is 13. The Hall–Kier alpha value is -5.08. The molecule has 4 heterocycles. The molecule has 220 valence electrons. The van der Waals surface area contributed by atoms with Crippen molar-refractivity contribution in [3.05, 3.63) is 94.5 Å². The molecule has 11 nitrogen and oxygen atoms in total. The number of hydrogen-bond donors (Lipinski definition) is 3. The third kappa shape index (κ3) is 7.27. The molecule has 0 bridgehead atoms. The van der Waals surface area contributed by atoms with E-state index in [2.05, 4.69) is 59.6 Å². The maximum Gasteiger partial charge on any atom is 0.222 e. The molecular formula is C31H28N10OS2. The first-order chi connectivity index (χ1) is 21.6. The highest BCUT2D eigenvalue weighted by Crippen LogP contribution is 2.32. The van der Waals surface area contributed by atoms with Gasteiger partial charge in [-0.3, -0.25) is 0 Å². The summed E-state index contributed by atoms with van der Waals surface area (Å²) >= 11 is 3.03. The molecule has 0 aliphatic heterocycles. The normalized spacial score (nSPS) is 12.0. The van der Waals surface area contributed by atoms with Gasteiger partial charge in [-0.2, -0.15) is 10.5 Å². The lowest BCUT2D eigenvalue weighted by Crippen LogP contribution is -2.10. The molecule has 13 heteroatoms. The van der Waals surface area contributed by atoms with Gasteiger partial charge in [0.05, 0.1) is 50.6 Å². The first kappa shape index (κ1) is 30.4. The summed E-state index contributed by atoms with van der Waals surface area (Å²) in [5, 5.41) is 35.4. The standard InChI is InChI=1S/C16H15N5S.C15H13N5OS/c1-2-8-18-16-19-9-7-12(21-16)11(10-17)15-20-13-5-3-4-6-14(13)22-15;16-9-10(11-5-6-17-15(20-11)18-7-8-21)14-19-12-3-1-2-4-13(12)22-14/h3-7,9,11H,2,8H2,1H3,(H,18,19,21);1-6,10,21H,7-8H2,(H,17,18,20). The molecule has 0 fully saturated rings. The second kappa shape index (κ2) is 14.9. The van der Waals surface area contributed by atoms with Gasteiger partial charge in [-0.05, 0) is 42.8 Å². The molecule has 0 saturated heterocycles. The number of para-hydroxylation sites is 2. The van der Waals surface area contributed by atoms with Gasteiger partial charge in [0.2, 0.25) is 11.9 Å². The zero-order chi connectivity index (χ0) is 30.7. The summed E-state index contributed by atoms with van der Waals surface area (Å²) in [6, 6.07) is 23.7. The Balaban J connectivity index is 0.000000175. The van der Waals surface area contributed by atoms with Crippen molar-refractivity contribution in [2.45, 2.75) is 25.2 Å². The van der Waals surface area contributed by atoms with Crippen LogP contribution in [0.2, 0.25) is 0 Å². The number of rotatable bonds is 10. The monoisotopic (exact) mass is 620 g/mol. The minimum absolute atomic E-state index is 0.00681. The molecule has 0 amide bonds. The summed E-state index contributed by atoms with van der Waals surface area (Å²) in [7, 11) is 0. The average molecular weight is 621 g/mol. The fourth-order valence-electron chi connectivity index (χ4n) is 4.16. The largest absolute Gasteiger partial charge is 0.395 e. The van der Waals surface area contributed by atoms with Crippen molar-refractivity contribution in [2.75, 3.05) is 30.3 Å². The van der Waals surface area contributed by atoms with Crippen LogP contribution in [0.3, 0.4) is 0 Å². The van der Waals surface area contributed by atoms with Crippen molar-refractivity contribution in [1.82, 2.24) is 29.9 Å². The van der Waals surface area contributed by atoms with Gasteiger partial charge in [-0.1, -0.05) is 31.2 Å². The van der Waals surface area contributed by atoms with Gasteiger partial charge in [0.1, 0.15) is 21.9 Å². The van der Waals surface area contributed by atoms with Crippen LogP contribution in [0.5, 0.6) is 0 Å². The van der Waals surface area contributed by atoms with Crippen LogP contribution in [0.25, 0.3) is 20.4 Å². The quantitative estimate of drug-likeness (QED) is 0.171. The fraction of sp³-hybridized carbons (Fsp3) is 0.226. The Labute approximate surface area is 262 Å². The van der Waals surface area contributed by atoms with Gasteiger partial charge < -0.3 is 15.7 Å². The lowest BCUT2D eigenvalue weighted by molar-refractivity contribution is 0.311. The topological polar surface area (TPSA) is 169 Å². The molecule has 0 aliphatic rings.